The fraction of sp³-hybridized carbons (Fsp3) is 0.278. The number of aryl methyl sites for hydroxylation is 2. The Morgan fingerprint density at radius 2 is 1.96 bits per heavy atom. The molecular formula is C18H21N5O. The van der Waals surface area contributed by atoms with Crippen molar-refractivity contribution in [1.29, 1.82) is 0 Å². The maximum atomic E-state index is 12.5. The van der Waals surface area contributed by atoms with Crippen LogP contribution >= 0.6 is 0 Å². The zero-order valence-corrected chi connectivity index (χ0v) is 14.2. The quantitative estimate of drug-likeness (QED) is 0.800. The summed E-state index contributed by atoms with van der Waals surface area (Å²) in [6, 6.07) is 12.1. The molecule has 0 bridgehead atoms. The Kier molecular flexibility index (Phi) is 4.20. The molecule has 0 aliphatic carbocycles. The van der Waals surface area contributed by atoms with E-state index in [0.717, 1.165) is 6.54 Å². The van der Waals surface area contributed by atoms with Gasteiger partial charge in [-0.05, 0) is 37.4 Å². The highest BCUT2D eigenvalue weighted by Gasteiger charge is 2.15. The Balaban J connectivity index is 1.76. The number of amides is 1. The van der Waals surface area contributed by atoms with Crippen molar-refractivity contribution < 1.29 is 4.79 Å². The molecule has 3 rings (SSSR count). The summed E-state index contributed by atoms with van der Waals surface area (Å²) in [6.07, 6.45) is 0. The Morgan fingerprint density at radius 3 is 2.71 bits per heavy atom. The van der Waals surface area contributed by atoms with Crippen LogP contribution in [-0.4, -0.2) is 38.9 Å². The maximum Gasteiger partial charge on any atom is 0.272 e. The number of anilines is 1. The molecule has 0 spiro atoms. The van der Waals surface area contributed by atoms with Gasteiger partial charge in [-0.1, -0.05) is 18.2 Å². The minimum absolute atomic E-state index is 0.124. The number of nitrogens with zero attached hydrogens (tertiary/aromatic N) is 4. The molecule has 0 atom stereocenters. The van der Waals surface area contributed by atoms with Gasteiger partial charge >= 0.3 is 0 Å². The maximum absolute atomic E-state index is 12.5. The minimum Gasteiger partial charge on any atom is -0.368 e. The Labute approximate surface area is 140 Å². The highest BCUT2D eigenvalue weighted by molar-refractivity contribution is 5.92. The Hall–Kier alpha value is -2.89. The lowest BCUT2D eigenvalue weighted by atomic mass is 10.2. The smallest absolute Gasteiger partial charge is 0.272 e. The Morgan fingerprint density at radius 1 is 1.21 bits per heavy atom. The van der Waals surface area contributed by atoms with Gasteiger partial charge in [0.15, 0.2) is 0 Å². The number of para-hydroxylation sites is 1. The summed E-state index contributed by atoms with van der Waals surface area (Å²) in [6.45, 7) is 5.18. The molecule has 0 saturated heterocycles. The fourth-order valence-electron chi connectivity index (χ4n) is 2.89. The SMILES string of the molecule is Cc1cc(C(=O)N(C)CCn2c(C)cc3ccccc32)nc(N)n1. The number of fused-ring (bicyclic) bond motifs is 1. The molecule has 6 nitrogen and oxygen atoms in total. The van der Waals surface area contributed by atoms with Crippen LogP contribution in [0.25, 0.3) is 10.9 Å². The number of aromatic nitrogens is 3. The summed E-state index contributed by atoms with van der Waals surface area (Å²) in [4.78, 5) is 22.2. The molecule has 0 aliphatic heterocycles. The lowest BCUT2D eigenvalue weighted by Gasteiger charge is -2.18. The summed E-state index contributed by atoms with van der Waals surface area (Å²) in [5.74, 6) is -0.0275. The van der Waals surface area contributed by atoms with Crippen molar-refractivity contribution in [2.24, 2.45) is 0 Å². The molecule has 0 radical (unpaired) electrons. The summed E-state index contributed by atoms with van der Waals surface area (Å²) in [5, 5.41) is 1.21. The van der Waals surface area contributed by atoms with Gasteiger partial charge in [-0.3, -0.25) is 4.79 Å². The first-order chi connectivity index (χ1) is 11.5. The van der Waals surface area contributed by atoms with Crippen LogP contribution in [0.4, 0.5) is 5.95 Å². The summed E-state index contributed by atoms with van der Waals surface area (Å²) in [7, 11) is 1.77. The molecule has 2 N–H and O–H groups in total. The molecule has 6 heteroatoms. The summed E-state index contributed by atoms with van der Waals surface area (Å²) >= 11 is 0. The third kappa shape index (κ3) is 3.08. The molecule has 0 fully saturated rings. The highest BCUT2D eigenvalue weighted by atomic mass is 16.2. The second-order valence-corrected chi connectivity index (χ2v) is 5.98. The first-order valence-corrected chi connectivity index (χ1v) is 7.87. The number of rotatable bonds is 4. The van der Waals surface area contributed by atoms with E-state index in [9.17, 15) is 4.79 Å². The van der Waals surface area contributed by atoms with E-state index >= 15 is 0 Å². The van der Waals surface area contributed by atoms with Gasteiger partial charge < -0.3 is 15.2 Å². The average molecular weight is 323 g/mol. The van der Waals surface area contributed by atoms with E-state index in [4.69, 9.17) is 5.73 Å². The van der Waals surface area contributed by atoms with Crippen LogP contribution in [0, 0.1) is 13.8 Å². The molecule has 1 aromatic carbocycles. The second-order valence-electron chi connectivity index (χ2n) is 5.98. The molecule has 2 heterocycles. The van der Waals surface area contributed by atoms with Crippen LogP contribution < -0.4 is 5.73 Å². The molecule has 3 aromatic rings. The third-order valence-corrected chi connectivity index (χ3v) is 4.11. The van der Waals surface area contributed by atoms with Crippen LogP contribution in [0.15, 0.2) is 36.4 Å². The van der Waals surface area contributed by atoms with Gasteiger partial charge in [0.25, 0.3) is 5.91 Å². The predicted molar refractivity (Wildman–Crippen MR) is 94.8 cm³/mol. The van der Waals surface area contributed by atoms with E-state index in [1.807, 2.05) is 12.1 Å². The van der Waals surface area contributed by atoms with Gasteiger partial charge in [-0.2, -0.15) is 0 Å². The number of hydrogen-bond donors (Lipinski definition) is 1. The highest BCUT2D eigenvalue weighted by Crippen LogP contribution is 2.19. The zero-order chi connectivity index (χ0) is 17.3. The van der Waals surface area contributed by atoms with Crippen LogP contribution in [0.3, 0.4) is 0 Å². The van der Waals surface area contributed by atoms with Crippen LogP contribution in [0.5, 0.6) is 0 Å². The van der Waals surface area contributed by atoms with Crippen LogP contribution in [-0.2, 0) is 6.54 Å². The molecule has 0 aliphatic rings. The topological polar surface area (TPSA) is 77.0 Å². The van der Waals surface area contributed by atoms with E-state index in [1.165, 1.54) is 16.6 Å². The molecule has 1 amide bonds. The summed E-state index contributed by atoms with van der Waals surface area (Å²) in [5.41, 5.74) is 9.01. The van der Waals surface area contributed by atoms with Gasteiger partial charge in [-0.25, -0.2) is 9.97 Å². The standard InChI is InChI=1S/C18H21N5O/c1-12-10-15(21-18(19)20-12)17(24)22(3)8-9-23-13(2)11-14-6-4-5-7-16(14)23/h4-7,10-11H,8-9H2,1-3H3,(H2,19,20,21). The largest absolute Gasteiger partial charge is 0.368 e. The number of likely N-dealkylation sites (N-methyl/N-ethyl adjacent to an activating group) is 1. The number of hydrogen-bond acceptors (Lipinski definition) is 4. The number of carbonyl (C=O) groups excluding carboxylic acids is 1. The van der Waals surface area contributed by atoms with E-state index in [-0.39, 0.29) is 11.9 Å². The third-order valence-electron chi connectivity index (χ3n) is 4.11. The van der Waals surface area contributed by atoms with Crippen molar-refractivity contribution in [2.45, 2.75) is 20.4 Å². The van der Waals surface area contributed by atoms with Crippen LogP contribution in [0.1, 0.15) is 21.9 Å². The fourth-order valence-corrected chi connectivity index (χ4v) is 2.89. The second kappa shape index (κ2) is 6.31. The van der Waals surface area contributed by atoms with Gasteiger partial charge in [-0.15, -0.1) is 0 Å². The van der Waals surface area contributed by atoms with Crippen molar-refractivity contribution in [3.05, 3.63) is 53.5 Å². The minimum atomic E-state index is -0.152. The van der Waals surface area contributed by atoms with Crippen molar-refractivity contribution in [3.8, 4) is 0 Å². The van der Waals surface area contributed by atoms with E-state index < -0.39 is 0 Å². The number of carbonyl (C=O) groups is 1. The van der Waals surface area contributed by atoms with Crippen molar-refractivity contribution in [3.63, 3.8) is 0 Å². The number of nitrogens with two attached hydrogens (primary N) is 1. The predicted octanol–water partition coefficient (Wildman–Crippen LogP) is 2.40. The monoisotopic (exact) mass is 323 g/mol. The Bertz CT molecular complexity index is 879. The van der Waals surface area contributed by atoms with Gasteiger partial charge in [0.1, 0.15) is 5.69 Å². The van der Waals surface area contributed by atoms with Crippen molar-refractivity contribution in [1.82, 2.24) is 19.4 Å². The van der Waals surface area contributed by atoms with E-state index in [1.54, 1.807) is 24.9 Å². The average Bonchev–Trinajstić information content (AvgIpc) is 2.86. The zero-order valence-electron chi connectivity index (χ0n) is 14.2. The lowest BCUT2D eigenvalue weighted by Crippen LogP contribution is -2.31. The normalized spacial score (nSPS) is 11.0. The lowest BCUT2D eigenvalue weighted by molar-refractivity contribution is 0.0784. The van der Waals surface area contributed by atoms with Gasteiger partial charge in [0.2, 0.25) is 5.95 Å². The molecule has 24 heavy (non-hydrogen) atoms. The summed E-state index contributed by atoms with van der Waals surface area (Å²) < 4.78 is 2.22. The van der Waals surface area contributed by atoms with Gasteiger partial charge in [0.05, 0.1) is 0 Å². The molecule has 2 aromatic heterocycles. The molecule has 124 valence electrons. The first kappa shape index (κ1) is 16.0. The van der Waals surface area contributed by atoms with E-state index in [0.29, 0.717) is 17.9 Å². The number of nitrogen functional groups attached to an aromatic ring is 1. The molecule has 0 saturated carbocycles. The molecule has 0 unspecified atom stereocenters. The first-order valence-electron chi connectivity index (χ1n) is 7.87. The molecular weight excluding hydrogens is 302 g/mol. The van der Waals surface area contributed by atoms with E-state index in [2.05, 4.69) is 39.7 Å². The number of benzene rings is 1. The van der Waals surface area contributed by atoms with Crippen molar-refractivity contribution >= 4 is 22.8 Å². The van der Waals surface area contributed by atoms with Crippen LogP contribution in [0.2, 0.25) is 0 Å². The van der Waals surface area contributed by atoms with Gasteiger partial charge in [0, 0.05) is 37.0 Å². The van der Waals surface area contributed by atoms with Crippen molar-refractivity contribution in [2.75, 3.05) is 19.3 Å².